The van der Waals surface area contributed by atoms with Gasteiger partial charge < -0.3 is 20.3 Å². The lowest BCUT2D eigenvalue weighted by atomic mass is 10.2. The number of benzene rings is 1. The molecule has 1 fully saturated rings. The van der Waals surface area contributed by atoms with Crippen molar-refractivity contribution in [3.8, 4) is 5.75 Å². The standard InChI is InChI=1S/C17H27ClN4O.HI/c1-12(2)10-20-17(19-3)21-14-7-8-22(11-14)15-9-13(18)5-6-16(15)23-4;/h5-6,9,12,14H,7-8,10-11H2,1-4H3,(H2,19,20,21);1H. The summed E-state index contributed by atoms with van der Waals surface area (Å²) in [5.41, 5.74) is 1.05. The first-order valence-corrected chi connectivity index (χ1v) is 8.47. The van der Waals surface area contributed by atoms with Crippen LogP contribution in [0.5, 0.6) is 5.75 Å². The van der Waals surface area contributed by atoms with Crippen LogP contribution in [0.2, 0.25) is 5.02 Å². The number of hydrogen-bond acceptors (Lipinski definition) is 3. The number of hydrogen-bond donors (Lipinski definition) is 2. The highest BCUT2D eigenvalue weighted by atomic mass is 127. The Morgan fingerprint density at radius 3 is 2.83 bits per heavy atom. The molecule has 0 radical (unpaired) electrons. The summed E-state index contributed by atoms with van der Waals surface area (Å²) in [4.78, 5) is 6.60. The second-order valence-corrected chi connectivity index (χ2v) is 6.68. The van der Waals surface area contributed by atoms with Crippen molar-refractivity contribution in [3.05, 3.63) is 23.2 Å². The van der Waals surface area contributed by atoms with Crippen LogP contribution < -0.4 is 20.3 Å². The Morgan fingerprint density at radius 2 is 2.21 bits per heavy atom. The van der Waals surface area contributed by atoms with E-state index in [1.165, 1.54) is 0 Å². The molecule has 136 valence electrons. The van der Waals surface area contributed by atoms with Crippen molar-refractivity contribution >= 4 is 47.2 Å². The zero-order valence-electron chi connectivity index (χ0n) is 14.8. The third kappa shape index (κ3) is 5.88. The first-order chi connectivity index (χ1) is 11.0. The van der Waals surface area contributed by atoms with Crippen molar-refractivity contribution in [2.75, 3.05) is 38.7 Å². The predicted molar refractivity (Wildman–Crippen MR) is 113 cm³/mol. The van der Waals surface area contributed by atoms with E-state index in [1.807, 2.05) is 25.2 Å². The lowest BCUT2D eigenvalue weighted by molar-refractivity contribution is 0.415. The zero-order chi connectivity index (χ0) is 16.8. The van der Waals surface area contributed by atoms with E-state index in [0.29, 0.717) is 12.0 Å². The quantitative estimate of drug-likeness (QED) is 0.397. The highest BCUT2D eigenvalue weighted by molar-refractivity contribution is 14.0. The molecule has 5 nitrogen and oxygen atoms in total. The number of nitrogens with one attached hydrogen (secondary N) is 2. The molecule has 2 N–H and O–H groups in total. The lowest BCUT2D eigenvalue weighted by Crippen LogP contribution is -2.45. The predicted octanol–water partition coefficient (Wildman–Crippen LogP) is 3.37. The van der Waals surface area contributed by atoms with Crippen LogP contribution in [0.25, 0.3) is 0 Å². The van der Waals surface area contributed by atoms with Crippen LogP contribution in [0.15, 0.2) is 23.2 Å². The van der Waals surface area contributed by atoms with E-state index in [1.54, 1.807) is 7.11 Å². The number of methoxy groups -OCH3 is 1. The fourth-order valence-corrected chi connectivity index (χ4v) is 2.86. The van der Waals surface area contributed by atoms with Gasteiger partial charge in [-0.05, 0) is 30.5 Å². The summed E-state index contributed by atoms with van der Waals surface area (Å²) in [5, 5.41) is 7.58. The largest absolute Gasteiger partial charge is 0.495 e. The van der Waals surface area contributed by atoms with Crippen molar-refractivity contribution in [3.63, 3.8) is 0 Å². The molecule has 1 saturated heterocycles. The summed E-state index contributed by atoms with van der Waals surface area (Å²) in [6, 6.07) is 6.10. The van der Waals surface area contributed by atoms with E-state index in [0.717, 1.165) is 48.5 Å². The maximum atomic E-state index is 6.14. The van der Waals surface area contributed by atoms with Gasteiger partial charge in [0, 0.05) is 37.7 Å². The maximum Gasteiger partial charge on any atom is 0.191 e. The normalized spacial score (nSPS) is 17.7. The van der Waals surface area contributed by atoms with Gasteiger partial charge in [-0.25, -0.2) is 0 Å². The van der Waals surface area contributed by atoms with Gasteiger partial charge in [-0.1, -0.05) is 25.4 Å². The van der Waals surface area contributed by atoms with Gasteiger partial charge in [-0.3, -0.25) is 4.99 Å². The number of halogens is 2. The van der Waals surface area contributed by atoms with Gasteiger partial charge in [0.1, 0.15) is 5.75 Å². The van der Waals surface area contributed by atoms with E-state index in [-0.39, 0.29) is 24.0 Å². The molecule has 0 spiro atoms. The van der Waals surface area contributed by atoms with Gasteiger partial charge in [0.05, 0.1) is 12.8 Å². The molecule has 0 bridgehead atoms. The number of ether oxygens (including phenoxy) is 1. The Hall–Kier alpha value is -0.890. The second kappa shape index (κ2) is 10.2. The smallest absolute Gasteiger partial charge is 0.191 e. The SMILES string of the molecule is CN=C(NCC(C)C)NC1CCN(c2cc(Cl)ccc2OC)C1.I. The van der Waals surface area contributed by atoms with Crippen LogP contribution in [0.4, 0.5) is 5.69 Å². The van der Waals surface area contributed by atoms with Crippen LogP contribution in [-0.4, -0.2) is 45.8 Å². The van der Waals surface area contributed by atoms with E-state index in [4.69, 9.17) is 16.3 Å². The number of nitrogens with zero attached hydrogens (tertiary/aromatic N) is 2. The number of aliphatic imine (C=N–C) groups is 1. The summed E-state index contributed by atoms with van der Waals surface area (Å²) in [6.07, 6.45) is 1.05. The molecule has 1 aromatic rings. The molecule has 1 aliphatic heterocycles. The molecule has 1 unspecified atom stereocenters. The van der Waals surface area contributed by atoms with Crippen LogP contribution in [0, 0.1) is 5.92 Å². The van der Waals surface area contributed by atoms with Crippen molar-refractivity contribution in [2.45, 2.75) is 26.3 Å². The molecule has 1 atom stereocenters. The Labute approximate surface area is 167 Å². The van der Waals surface area contributed by atoms with E-state index < -0.39 is 0 Å². The molecular formula is C17H28ClIN4O. The summed E-state index contributed by atoms with van der Waals surface area (Å²) in [5.74, 6) is 2.31. The summed E-state index contributed by atoms with van der Waals surface area (Å²) >= 11 is 6.14. The topological polar surface area (TPSA) is 48.9 Å². The number of guanidine groups is 1. The fourth-order valence-electron chi connectivity index (χ4n) is 2.70. The molecule has 24 heavy (non-hydrogen) atoms. The third-order valence-corrected chi connectivity index (χ3v) is 4.15. The Balaban J connectivity index is 0.00000288. The van der Waals surface area contributed by atoms with E-state index >= 15 is 0 Å². The highest BCUT2D eigenvalue weighted by Crippen LogP contribution is 2.33. The molecule has 1 aromatic carbocycles. The molecule has 0 saturated carbocycles. The van der Waals surface area contributed by atoms with Crippen molar-refractivity contribution < 1.29 is 4.74 Å². The van der Waals surface area contributed by atoms with Crippen LogP contribution in [0.3, 0.4) is 0 Å². The Morgan fingerprint density at radius 1 is 1.46 bits per heavy atom. The second-order valence-electron chi connectivity index (χ2n) is 6.24. The summed E-state index contributed by atoms with van der Waals surface area (Å²) < 4.78 is 5.46. The fraction of sp³-hybridized carbons (Fsp3) is 0.588. The molecule has 0 aliphatic carbocycles. The number of rotatable bonds is 5. The molecule has 2 rings (SSSR count). The molecule has 0 aromatic heterocycles. The molecular weight excluding hydrogens is 439 g/mol. The van der Waals surface area contributed by atoms with Crippen LogP contribution in [-0.2, 0) is 0 Å². The average molecular weight is 467 g/mol. The van der Waals surface area contributed by atoms with E-state index in [9.17, 15) is 0 Å². The van der Waals surface area contributed by atoms with Gasteiger partial charge in [0.25, 0.3) is 0 Å². The average Bonchev–Trinajstić information content (AvgIpc) is 2.99. The van der Waals surface area contributed by atoms with Gasteiger partial charge in [0.2, 0.25) is 0 Å². The van der Waals surface area contributed by atoms with Crippen molar-refractivity contribution in [1.29, 1.82) is 0 Å². The first kappa shape index (κ1) is 21.2. The molecule has 1 heterocycles. The number of anilines is 1. The van der Waals surface area contributed by atoms with Gasteiger partial charge in [-0.2, -0.15) is 0 Å². The zero-order valence-corrected chi connectivity index (χ0v) is 17.9. The van der Waals surface area contributed by atoms with Crippen molar-refractivity contribution in [2.24, 2.45) is 10.9 Å². The van der Waals surface area contributed by atoms with Gasteiger partial charge in [-0.15, -0.1) is 24.0 Å². The Bertz CT molecular complexity index is 553. The molecule has 0 amide bonds. The van der Waals surface area contributed by atoms with Gasteiger partial charge in [0.15, 0.2) is 5.96 Å². The summed E-state index contributed by atoms with van der Waals surface area (Å²) in [6.45, 7) is 7.15. The monoisotopic (exact) mass is 466 g/mol. The van der Waals surface area contributed by atoms with E-state index in [2.05, 4.69) is 34.4 Å². The van der Waals surface area contributed by atoms with Crippen molar-refractivity contribution in [1.82, 2.24) is 10.6 Å². The minimum absolute atomic E-state index is 0. The van der Waals surface area contributed by atoms with Crippen LogP contribution in [0.1, 0.15) is 20.3 Å². The highest BCUT2D eigenvalue weighted by Gasteiger charge is 2.25. The minimum Gasteiger partial charge on any atom is -0.495 e. The first-order valence-electron chi connectivity index (χ1n) is 8.09. The maximum absolute atomic E-state index is 6.14. The molecule has 1 aliphatic rings. The lowest BCUT2D eigenvalue weighted by Gasteiger charge is -2.22. The minimum atomic E-state index is 0. The van der Waals surface area contributed by atoms with Gasteiger partial charge >= 0.3 is 0 Å². The molecule has 7 heteroatoms. The van der Waals surface area contributed by atoms with Crippen LogP contribution >= 0.6 is 35.6 Å². The third-order valence-electron chi connectivity index (χ3n) is 3.91. The Kier molecular flexibility index (Phi) is 8.97. The summed E-state index contributed by atoms with van der Waals surface area (Å²) in [7, 11) is 3.50.